The van der Waals surface area contributed by atoms with Crippen molar-refractivity contribution in [3.63, 3.8) is 0 Å². The van der Waals surface area contributed by atoms with E-state index in [0.29, 0.717) is 21.5 Å². The Balaban J connectivity index is 1.58. The Labute approximate surface area is 206 Å². The van der Waals surface area contributed by atoms with Gasteiger partial charge in [-0.15, -0.1) is 0 Å². The highest BCUT2D eigenvalue weighted by Gasteiger charge is 2.15. The molecule has 0 spiro atoms. The summed E-state index contributed by atoms with van der Waals surface area (Å²) in [5.74, 6) is 0. The number of rotatable bonds is 1. The monoisotopic (exact) mass is 466 g/mol. The summed E-state index contributed by atoms with van der Waals surface area (Å²) in [6, 6.07) is 32.0. The quantitative estimate of drug-likeness (QED) is 0.259. The fourth-order valence-electron chi connectivity index (χ4n) is 5.66. The minimum Gasteiger partial charge on any atom is -0.343 e. The van der Waals surface area contributed by atoms with E-state index < -0.39 is 0 Å². The molecule has 0 saturated carbocycles. The molecule has 7 aromatic rings. The first-order valence-electron chi connectivity index (χ1n) is 12.0. The van der Waals surface area contributed by atoms with Crippen LogP contribution < -0.4 is 10.9 Å². The molecule has 0 amide bonds. The van der Waals surface area contributed by atoms with E-state index in [1.165, 1.54) is 5.39 Å². The van der Waals surface area contributed by atoms with Crippen LogP contribution in [0.25, 0.3) is 65.5 Å². The van der Waals surface area contributed by atoms with Crippen LogP contribution in [0.5, 0.6) is 0 Å². The zero-order valence-corrected chi connectivity index (χ0v) is 19.9. The van der Waals surface area contributed by atoms with Crippen molar-refractivity contribution in [3.05, 3.63) is 118 Å². The molecule has 0 aliphatic carbocycles. The van der Waals surface area contributed by atoms with Crippen LogP contribution in [0, 0.1) is 0 Å². The Morgan fingerprint density at radius 1 is 0.472 bits per heavy atom. The summed E-state index contributed by atoms with van der Waals surface area (Å²) in [6.45, 7) is 0. The van der Waals surface area contributed by atoms with Gasteiger partial charge in [0.1, 0.15) is 0 Å². The van der Waals surface area contributed by atoms with Crippen molar-refractivity contribution < 1.29 is 0 Å². The summed E-state index contributed by atoms with van der Waals surface area (Å²) in [5, 5.41) is 4.90. The molecule has 172 valence electrons. The van der Waals surface area contributed by atoms with Gasteiger partial charge in [-0.3, -0.25) is 9.59 Å². The first kappa shape index (κ1) is 20.7. The van der Waals surface area contributed by atoms with Gasteiger partial charge in [0, 0.05) is 35.6 Å². The Hall–Kier alpha value is -4.70. The number of para-hydroxylation sites is 1. The number of pyridine rings is 2. The van der Waals surface area contributed by atoms with Crippen molar-refractivity contribution in [1.29, 1.82) is 0 Å². The third-order valence-electron chi connectivity index (χ3n) is 7.54. The SMILES string of the molecule is Cn1c2ccccc2c(=O)c2cc3c(cc21)c(=O)c1cc(-c2cccc4ccccc24)ccc1n3C. The average molecular weight is 467 g/mol. The number of aryl methyl sites for hydroxylation is 2. The van der Waals surface area contributed by atoms with E-state index in [1.807, 2.05) is 83.9 Å². The van der Waals surface area contributed by atoms with Crippen molar-refractivity contribution in [2.24, 2.45) is 14.1 Å². The fraction of sp³-hybridized carbons (Fsp3) is 0.0625. The predicted molar refractivity (Wildman–Crippen MR) is 150 cm³/mol. The third kappa shape index (κ3) is 2.75. The third-order valence-corrected chi connectivity index (χ3v) is 7.54. The van der Waals surface area contributed by atoms with E-state index in [-0.39, 0.29) is 10.9 Å². The van der Waals surface area contributed by atoms with Crippen molar-refractivity contribution in [3.8, 4) is 11.1 Å². The molecule has 0 aliphatic heterocycles. The molecule has 0 aliphatic rings. The molecule has 0 atom stereocenters. The van der Waals surface area contributed by atoms with Gasteiger partial charge >= 0.3 is 0 Å². The molecular formula is C32H22N2O2. The van der Waals surface area contributed by atoms with Gasteiger partial charge in [0.25, 0.3) is 0 Å². The second kappa shape index (κ2) is 7.40. The van der Waals surface area contributed by atoms with Crippen LogP contribution in [-0.4, -0.2) is 9.13 Å². The molecule has 0 radical (unpaired) electrons. The molecule has 0 unspecified atom stereocenters. The average Bonchev–Trinajstić information content (AvgIpc) is 2.93. The first-order chi connectivity index (χ1) is 17.5. The Morgan fingerprint density at radius 3 is 1.78 bits per heavy atom. The Kier molecular flexibility index (Phi) is 4.24. The Bertz CT molecular complexity index is 2160. The van der Waals surface area contributed by atoms with Crippen molar-refractivity contribution in [2.75, 3.05) is 0 Å². The smallest absolute Gasteiger partial charge is 0.197 e. The van der Waals surface area contributed by atoms with Crippen LogP contribution >= 0.6 is 0 Å². The van der Waals surface area contributed by atoms with Crippen LogP contribution in [0.15, 0.2) is 107 Å². The number of fused-ring (bicyclic) bond motifs is 5. The molecule has 7 rings (SSSR count). The van der Waals surface area contributed by atoms with E-state index >= 15 is 0 Å². The van der Waals surface area contributed by atoms with E-state index in [9.17, 15) is 9.59 Å². The van der Waals surface area contributed by atoms with E-state index in [0.717, 1.165) is 38.6 Å². The van der Waals surface area contributed by atoms with E-state index in [1.54, 1.807) is 0 Å². The Morgan fingerprint density at radius 2 is 1.03 bits per heavy atom. The summed E-state index contributed by atoms with van der Waals surface area (Å²) >= 11 is 0. The molecule has 5 aromatic carbocycles. The van der Waals surface area contributed by atoms with Crippen LogP contribution in [0.4, 0.5) is 0 Å². The van der Waals surface area contributed by atoms with Gasteiger partial charge in [0.05, 0.1) is 22.1 Å². The lowest BCUT2D eigenvalue weighted by Gasteiger charge is -2.15. The molecular weight excluding hydrogens is 444 g/mol. The summed E-state index contributed by atoms with van der Waals surface area (Å²) in [7, 11) is 3.90. The van der Waals surface area contributed by atoms with Crippen molar-refractivity contribution in [1.82, 2.24) is 9.13 Å². The summed E-state index contributed by atoms with van der Waals surface area (Å²) in [6.07, 6.45) is 0. The minimum atomic E-state index is -0.0253. The second-order valence-electron chi connectivity index (χ2n) is 9.44. The molecule has 2 aromatic heterocycles. The van der Waals surface area contributed by atoms with Crippen molar-refractivity contribution >= 4 is 54.4 Å². The number of aromatic nitrogens is 2. The highest BCUT2D eigenvalue weighted by atomic mass is 16.1. The second-order valence-corrected chi connectivity index (χ2v) is 9.44. The van der Waals surface area contributed by atoms with Crippen LogP contribution in [0.2, 0.25) is 0 Å². The molecule has 0 N–H and O–H groups in total. The molecule has 2 heterocycles. The molecule has 4 heteroatoms. The minimum absolute atomic E-state index is 0.0144. The molecule has 0 bridgehead atoms. The molecule has 36 heavy (non-hydrogen) atoms. The van der Waals surface area contributed by atoms with Gasteiger partial charge in [-0.05, 0) is 58.3 Å². The first-order valence-corrected chi connectivity index (χ1v) is 12.0. The normalized spacial score (nSPS) is 11.8. The van der Waals surface area contributed by atoms with Gasteiger partial charge in [0.2, 0.25) is 0 Å². The highest BCUT2D eigenvalue weighted by Crippen LogP contribution is 2.31. The van der Waals surface area contributed by atoms with Gasteiger partial charge in [-0.25, -0.2) is 0 Å². The number of hydrogen-bond acceptors (Lipinski definition) is 2. The fourth-order valence-corrected chi connectivity index (χ4v) is 5.66. The number of hydrogen-bond donors (Lipinski definition) is 0. The predicted octanol–water partition coefficient (Wildman–Crippen LogP) is 6.52. The topological polar surface area (TPSA) is 44.0 Å². The maximum atomic E-state index is 13.9. The zero-order chi connectivity index (χ0) is 24.6. The summed E-state index contributed by atoms with van der Waals surface area (Å²) < 4.78 is 4.02. The van der Waals surface area contributed by atoms with E-state index in [4.69, 9.17) is 0 Å². The van der Waals surface area contributed by atoms with Crippen LogP contribution in [0.1, 0.15) is 0 Å². The standard InChI is InChI=1S/C32H22N2O2/c1-33-27-13-6-5-11-23(27)31(35)25-17-30-26(18-29(25)33)32(36)24-16-20(14-15-28(24)34(30)2)22-12-7-9-19-8-3-4-10-21(19)22/h3-18H,1-2H3. The largest absolute Gasteiger partial charge is 0.343 e. The molecule has 0 fully saturated rings. The highest BCUT2D eigenvalue weighted by molar-refractivity contribution is 6.05. The zero-order valence-electron chi connectivity index (χ0n) is 19.9. The summed E-state index contributed by atoms with van der Waals surface area (Å²) in [5.41, 5.74) is 5.28. The van der Waals surface area contributed by atoms with Gasteiger partial charge in [-0.2, -0.15) is 0 Å². The van der Waals surface area contributed by atoms with E-state index in [2.05, 4.69) is 36.4 Å². The maximum Gasteiger partial charge on any atom is 0.197 e. The van der Waals surface area contributed by atoms with Gasteiger partial charge in [0.15, 0.2) is 10.9 Å². The van der Waals surface area contributed by atoms with Gasteiger partial charge in [-0.1, -0.05) is 60.7 Å². The lowest BCUT2D eigenvalue weighted by atomic mass is 9.96. The van der Waals surface area contributed by atoms with Crippen LogP contribution in [-0.2, 0) is 14.1 Å². The lowest BCUT2D eigenvalue weighted by molar-refractivity contribution is 0.994. The number of nitrogens with zero attached hydrogens (tertiary/aromatic N) is 2. The molecule has 4 nitrogen and oxygen atoms in total. The van der Waals surface area contributed by atoms with Gasteiger partial charge < -0.3 is 9.13 Å². The van der Waals surface area contributed by atoms with Crippen molar-refractivity contribution in [2.45, 2.75) is 0 Å². The van der Waals surface area contributed by atoms with Crippen LogP contribution in [0.3, 0.4) is 0 Å². The summed E-state index contributed by atoms with van der Waals surface area (Å²) in [4.78, 5) is 27.2. The molecule has 0 saturated heterocycles. The maximum absolute atomic E-state index is 13.9. The number of benzene rings is 5. The lowest BCUT2D eigenvalue weighted by Crippen LogP contribution is -2.13.